The van der Waals surface area contributed by atoms with E-state index in [1.807, 2.05) is 13.1 Å². The fraction of sp³-hybridized carbons (Fsp3) is 0.143. The van der Waals surface area contributed by atoms with Crippen LogP contribution in [0.3, 0.4) is 0 Å². The topological polar surface area (TPSA) is 46.5 Å². The number of rotatable bonds is 3. The number of fused-ring (bicyclic) bond motifs is 1. The maximum atomic E-state index is 13.6. The van der Waals surface area contributed by atoms with Crippen molar-refractivity contribution in [1.82, 2.24) is 19.7 Å². The number of nitrogens with one attached hydrogen (secondary N) is 1. The number of aromatic amines is 1. The Bertz CT molecular complexity index is 787. The Balaban J connectivity index is 1.99. The number of halogens is 2. The van der Waals surface area contributed by atoms with Crippen molar-refractivity contribution in [2.24, 2.45) is 0 Å². The van der Waals surface area contributed by atoms with E-state index in [2.05, 4.69) is 15.1 Å². The van der Waals surface area contributed by atoms with Crippen molar-refractivity contribution in [3.63, 3.8) is 0 Å². The van der Waals surface area contributed by atoms with Gasteiger partial charge in [0, 0.05) is 18.3 Å². The second-order valence-corrected chi connectivity index (χ2v) is 4.75. The molecule has 0 aliphatic heterocycles. The summed E-state index contributed by atoms with van der Waals surface area (Å²) in [7, 11) is 0. The third-order valence-electron chi connectivity index (χ3n) is 2.96. The second-order valence-electron chi connectivity index (χ2n) is 4.34. The maximum Gasteiger partial charge on any atom is 0.151 e. The van der Waals surface area contributed by atoms with E-state index in [0.717, 1.165) is 12.1 Å². The predicted molar refractivity (Wildman–Crippen MR) is 77.7 cm³/mol. The zero-order chi connectivity index (χ0) is 14.1. The van der Waals surface area contributed by atoms with Crippen LogP contribution in [0.25, 0.3) is 22.1 Å². The molecule has 0 bridgehead atoms. The fourth-order valence-corrected chi connectivity index (χ4v) is 2.17. The number of para-hydroxylation sites is 1. The largest absolute Gasteiger partial charge is 0.337 e. The molecule has 4 nitrogen and oxygen atoms in total. The number of aromatic nitrogens is 4. The summed E-state index contributed by atoms with van der Waals surface area (Å²) in [5, 5.41) is 4.57. The first-order valence-electron chi connectivity index (χ1n) is 6.21. The van der Waals surface area contributed by atoms with Gasteiger partial charge in [-0.05, 0) is 25.1 Å². The Kier molecular flexibility index (Phi) is 3.28. The zero-order valence-electron chi connectivity index (χ0n) is 10.8. The lowest BCUT2D eigenvalue weighted by Gasteiger charge is -1.92. The average molecular weight is 291 g/mol. The van der Waals surface area contributed by atoms with Crippen LogP contribution >= 0.6 is 11.6 Å². The van der Waals surface area contributed by atoms with Gasteiger partial charge in [0.05, 0.1) is 16.7 Å². The number of hydrogen-bond acceptors (Lipinski definition) is 2. The molecule has 2 aromatic heterocycles. The quantitative estimate of drug-likeness (QED) is 0.800. The van der Waals surface area contributed by atoms with Gasteiger partial charge < -0.3 is 4.98 Å². The van der Waals surface area contributed by atoms with Crippen molar-refractivity contribution in [2.45, 2.75) is 13.5 Å². The minimum absolute atomic E-state index is 0.290. The Hall–Kier alpha value is -2.14. The molecule has 1 N–H and O–H groups in total. The van der Waals surface area contributed by atoms with Gasteiger partial charge in [-0.25, -0.2) is 9.37 Å². The van der Waals surface area contributed by atoms with Crippen LogP contribution in [0.15, 0.2) is 30.6 Å². The summed E-state index contributed by atoms with van der Waals surface area (Å²) in [5.74, 6) is 0.0734. The minimum atomic E-state index is -0.367. The summed E-state index contributed by atoms with van der Waals surface area (Å²) in [6, 6.07) is 4.76. The monoisotopic (exact) mass is 290 g/mol. The van der Waals surface area contributed by atoms with E-state index < -0.39 is 0 Å². The minimum Gasteiger partial charge on any atom is -0.337 e. The smallest absolute Gasteiger partial charge is 0.151 e. The van der Waals surface area contributed by atoms with Crippen LogP contribution in [0.1, 0.15) is 18.3 Å². The van der Waals surface area contributed by atoms with E-state index >= 15 is 0 Å². The van der Waals surface area contributed by atoms with Gasteiger partial charge in [0.25, 0.3) is 0 Å². The summed E-state index contributed by atoms with van der Waals surface area (Å²) in [6.07, 6.45) is 5.34. The molecule has 102 valence electrons. The Morgan fingerprint density at radius 3 is 3.05 bits per heavy atom. The Morgan fingerprint density at radius 2 is 2.35 bits per heavy atom. The summed E-state index contributed by atoms with van der Waals surface area (Å²) >= 11 is 6.22. The number of benzene rings is 1. The lowest BCUT2D eigenvalue weighted by molar-refractivity contribution is 0.637. The van der Waals surface area contributed by atoms with Crippen LogP contribution in [0, 0.1) is 5.82 Å². The highest BCUT2D eigenvalue weighted by molar-refractivity contribution is 6.50. The van der Waals surface area contributed by atoms with Crippen LogP contribution in [-0.2, 0) is 6.54 Å². The molecule has 0 fully saturated rings. The zero-order valence-corrected chi connectivity index (χ0v) is 11.5. The number of H-pyrrole nitrogens is 1. The second kappa shape index (κ2) is 5.09. The third kappa shape index (κ3) is 2.32. The van der Waals surface area contributed by atoms with Crippen molar-refractivity contribution >= 4 is 33.7 Å². The molecule has 0 amide bonds. The van der Waals surface area contributed by atoms with Crippen LogP contribution in [-0.4, -0.2) is 19.7 Å². The molecule has 3 rings (SSSR count). The first-order chi connectivity index (χ1) is 9.67. The molecule has 0 radical (unpaired) electrons. The molecule has 0 spiro atoms. The molecule has 0 saturated carbocycles. The van der Waals surface area contributed by atoms with Crippen LogP contribution in [0.2, 0.25) is 0 Å². The third-order valence-corrected chi connectivity index (χ3v) is 3.25. The van der Waals surface area contributed by atoms with Gasteiger partial charge in [0.1, 0.15) is 11.3 Å². The number of nitrogens with zero attached hydrogens (tertiary/aromatic N) is 3. The number of hydrogen-bond donors (Lipinski definition) is 1. The molecule has 0 saturated heterocycles. The van der Waals surface area contributed by atoms with Gasteiger partial charge in [-0.1, -0.05) is 17.7 Å². The molecular weight excluding hydrogens is 279 g/mol. The molecule has 0 atom stereocenters. The van der Waals surface area contributed by atoms with E-state index in [-0.39, 0.29) is 5.82 Å². The van der Waals surface area contributed by atoms with Gasteiger partial charge in [-0.2, -0.15) is 5.10 Å². The maximum absolute atomic E-state index is 13.6. The first-order valence-corrected chi connectivity index (χ1v) is 6.59. The van der Waals surface area contributed by atoms with Crippen molar-refractivity contribution < 1.29 is 4.39 Å². The van der Waals surface area contributed by atoms with Crippen molar-refractivity contribution in [3.05, 3.63) is 47.8 Å². The molecule has 20 heavy (non-hydrogen) atoms. The Morgan fingerprint density at radius 1 is 1.50 bits per heavy atom. The normalized spacial score (nSPS) is 12.2. The van der Waals surface area contributed by atoms with Crippen LogP contribution in [0.4, 0.5) is 4.39 Å². The van der Waals surface area contributed by atoms with E-state index in [4.69, 9.17) is 11.6 Å². The van der Waals surface area contributed by atoms with Crippen molar-refractivity contribution in [1.29, 1.82) is 0 Å². The molecule has 6 heteroatoms. The highest BCUT2D eigenvalue weighted by Gasteiger charge is 2.09. The predicted octanol–water partition coefficient (Wildman–Crippen LogP) is 3.66. The van der Waals surface area contributed by atoms with Gasteiger partial charge in [0.15, 0.2) is 5.82 Å². The van der Waals surface area contributed by atoms with E-state index in [1.54, 1.807) is 29.1 Å². The van der Waals surface area contributed by atoms with Crippen molar-refractivity contribution in [2.75, 3.05) is 0 Å². The summed E-state index contributed by atoms with van der Waals surface area (Å²) < 4.78 is 15.4. The van der Waals surface area contributed by atoms with E-state index in [1.165, 1.54) is 6.07 Å². The SMILES string of the molecule is CCn1cc(/C=C(\Cl)c2nc3c(F)cccc3[nH]2)cn1. The van der Waals surface area contributed by atoms with Gasteiger partial charge in [0.2, 0.25) is 0 Å². The lowest BCUT2D eigenvalue weighted by atomic mass is 10.3. The van der Waals surface area contributed by atoms with Gasteiger partial charge in [-0.15, -0.1) is 0 Å². The molecule has 0 aliphatic carbocycles. The molecule has 0 unspecified atom stereocenters. The fourth-order valence-electron chi connectivity index (χ4n) is 1.95. The highest BCUT2D eigenvalue weighted by atomic mass is 35.5. The summed E-state index contributed by atoms with van der Waals surface area (Å²) in [6.45, 7) is 2.80. The standard InChI is InChI=1S/C14H12ClFN4/c1-2-20-8-9(7-17-20)6-10(15)14-18-12-5-3-4-11(16)13(12)19-14/h3-8H,2H2,1H3,(H,18,19)/b10-6-. The van der Waals surface area contributed by atoms with E-state index in [0.29, 0.717) is 21.9 Å². The summed E-state index contributed by atoms with van der Waals surface area (Å²) in [4.78, 5) is 7.18. The Labute approximate surface area is 119 Å². The highest BCUT2D eigenvalue weighted by Crippen LogP contribution is 2.23. The molecular formula is C14H12ClFN4. The van der Waals surface area contributed by atoms with Gasteiger partial charge >= 0.3 is 0 Å². The molecule has 2 heterocycles. The first kappa shape index (κ1) is 12.9. The van der Waals surface area contributed by atoms with E-state index in [9.17, 15) is 4.39 Å². The van der Waals surface area contributed by atoms with Gasteiger partial charge in [-0.3, -0.25) is 4.68 Å². The number of aryl methyl sites for hydroxylation is 1. The van der Waals surface area contributed by atoms with Crippen LogP contribution < -0.4 is 0 Å². The molecule has 3 aromatic rings. The van der Waals surface area contributed by atoms with Crippen molar-refractivity contribution in [3.8, 4) is 0 Å². The molecule has 0 aliphatic rings. The van der Waals surface area contributed by atoms with Crippen LogP contribution in [0.5, 0.6) is 0 Å². The average Bonchev–Trinajstić information content (AvgIpc) is 3.05. The lowest BCUT2D eigenvalue weighted by Crippen LogP contribution is -1.91. The summed E-state index contributed by atoms with van der Waals surface area (Å²) in [5.41, 5.74) is 1.78. The molecule has 1 aromatic carbocycles. The number of imidazole rings is 1.